The summed E-state index contributed by atoms with van der Waals surface area (Å²) in [5, 5.41) is 0. The molecule has 2 aliphatic rings. The minimum Gasteiger partial charge on any atom is -0.329 e. The van der Waals surface area contributed by atoms with Gasteiger partial charge in [0.25, 0.3) is 0 Å². The van der Waals surface area contributed by atoms with Crippen molar-refractivity contribution in [2.75, 3.05) is 13.1 Å². The Morgan fingerprint density at radius 2 is 2.00 bits per heavy atom. The van der Waals surface area contributed by atoms with Crippen molar-refractivity contribution in [3.63, 3.8) is 0 Å². The number of aryl methyl sites for hydroxylation is 1. The quantitative estimate of drug-likeness (QED) is 0.881. The van der Waals surface area contributed by atoms with Crippen LogP contribution in [-0.4, -0.2) is 29.6 Å². The minimum atomic E-state index is 0.226. The van der Waals surface area contributed by atoms with Gasteiger partial charge < -0.3 is 5.73 Å². The third-order valence-electron chi connectivity index (χ3n) is 4.82. The van der Waals surface area contributed by atoms with Gasteiger partial charge in [0.1, 0.15) is 0 Å². The van der Waals surface area contributed by atoms with Crippen LogP contribution in [0.3, 0.4) is 0 Å². The Morgan fingerprint density at radius 1 is 1.28 bits per heavy atom. The zero-order valence-corrected chi connectivity index (χ0v) is 11.4. The fourth-order valence-corrected chi connectivity index (χ4v) is 3.69. The molecule has 1 aromatic rings. The average molecular weight is 244 g/mol. The monoisotopic (exact) mass is 244 g/mol. The lowest BCUT2D eigenvalue weighted by Gasteiger charge is -2.46. The topological polar surface area (TPSA) is 29.3 Å². The smallest absolute Gasteiger partial charge is 0.0378 e. The zero-order chi connectivity index (χ0) is 12.6. The lowest BCUT2D eigenvalue weighted by Crippen LogP contribution is -2.57. The summed E-state index contributed by atoms with van der Waals surface area (Å²) >= 11 is 0. The second-order valence-corrected chi connectivity index (χ2v) is 5.89. The Labute approximate surface area is 110 Å². The Hall–Kier alpha value is -0.860. The first-order chi connectivity index (χ1) is 8.79. The van der Waals surface area contributed by atoms with Crippen LogP contribution < -0.4 is 5.73 Å². The molecule has 0 aromatic heterocycles. The molecule has 0 radical (unpaired) electrons. The molecule has 1 aromatic carbocycles. The summed E-state index contributed by atoms with van der Waals surface area (Å²) in [5.41, 5.74) is 9.48. The molecule has 0 amide bonds. The molecule has 0 bridgehead atoms. The predicted octanol–water partition coefficient (Wildman–Crippen LogP) is 2.36. The van der Waals surface area contributed by atoms with Crippen molar-refractivity contribution in [2.24, 2.45) is 5.73 Å². The highest BCUT2D eigenvalue weighted by Gasteiger charge is 2.44. The van der Waals surface area contributed by atoms with Crippen LogP contribution in [0, 0.1) is 0 Å². The molecule has 18 heavy (non-hydrogen) atoms. The van der Waals surface area contributed by atoms with E-state index < -0.39 is 0 Å². The Bertz CT molecular complexity index is 425. The fraction of sp³-hybridized carbons (Fsp3) is 0.625. The van der Waals surface area contributed by atoms with E-state index in [1.54, 1.807) is 0 Å². The van der Waals surface area contributed by atoms with Gasteiger partial charge >= 0.3 is 0 Å². The molecule has 3 rings (SSSR count). The number of likely N-dealkylation sites (N-methyl/N-ethyl adjacent to an activating group) is 1. The molecular formula is C16H24N2. The number of fused-ring (bicyclic) bond motifs is 1. The highest BCUT2D eigenvalue weighted by molar-refractivity contribution is 5.32. The minimum absolute atomic E-state index is 0.226. The van der Waals surface area contributed by atoms with Crippen LogP contribution in [0.25, 0.3) is 0 Å². The van der Waals surface area contributed by atoms with Crippen LogP contribution in [0.2, 0.25) is 0 Å². The van der Waals surface area contributed by atoms with E-state index in [9.17, 15) is 0 Å². The summed E-state index contributed by atoms with van der Waals surface area (Å²) < 4.78 is 0. The molecule has 2 heteroatoms. The second kappa shape index (κ2) is 4.67. The summed E-state index contributed by atoms with van der Waals surface area (Å²) in [6.45, 7) is 4.23. The highest BCUT2D eigenvalue weighted by Crippen LogP contribution is 2.39. The van der Waals surface area contributed by atoms with Gasteiger partial charge in [-0.1, -0.05) is 31.2 Å². The molecule has 1 fully saturated rings. The van der Waals surface area contributed by atoms with E-state index >= 15 is 0 Å². The maximum Gasteiger partial charge on any atom is 0.0378 e. The summed E-state index contributed by atoms with van der Waals surface area (Å²) in [5.74, 6) is 0. The molecule has 1 saturated carbocycles. The summed E-state index contributed by atoms with van der Waals surface area (Å²) in [7, 11) is 0. The predicted molar refractivity (Wildman–Crippen MR) is 75.7 cm³/mol. The van der Waals surface area contributed by atoms with Crippen LogP contribution in [0.15, 0.2) is 24.3 Å². The Morgan fingerprint density at radius 3 is 2.61 bits per heavy atom. The molecule has 2 nitrogen and oxygen atoms in total. The van der Waals surface area contributed by atoms with Crippen molar-refractivity contribution < 1.29 is 0 Å². The lowest BCUT2D eigenvalue weighted by molar-refractivity contribution is 0.0764. The summed E-state index contributed by atoms with van der Waals surface area (Å²) in [4.78, 5) is 2.70. The first kappa shape index (κ1) is 12.2. The highest BCUT2D eigenvalue weighted by atomic mass is 15.3. The lowest BCUT2D eigenvalue weighted by atomic mass is 9.76. The maximum atomic E-state index is 6.20. The standard InChI is InChI=1S/C16H24N2/c1-2-18(15-7-8-15)16(12-17)10-9-13-5-3-4-6-14(13)11-16/h3-6,15H,2,7-12,17H2,1H3. The second-order valence-electron chi connectivity index (χ2n) is 5.89. The number of benzene rings is 1. The first-order valence-corrected chi connectivity index (χ1v) is 7.33. The van der Waals surface area contributed by atoms with E-state index in [1.165, 1.54) is 36.8 Å². The molecule has 98 valence electrons. The Balaban J connectivity index is 1.89. The molecule has 2 aliphatic carbocycles. The van der Waals surface area contributed by atoms with Crippen LogP contribution in [0.4, 0.5) is 0 Å². The molecule has 0 heterocycles. The molecule has 2 N–H and O–H groups in total. The molecular weight excluding hydrogens is 220 g/mol. The fourth-order valence-electron chi connectivity index (χ4n) is 3.69. The normalized spacial score (nSPS) is 27.3. The van der Waals surface area contributed by atoms with Gasteiger partial charge in [0.15, 0.2) is 0 Å². The van der Waals surface area contributed by atoms with E-state index in [1.807, 2.05) is 0 Å². The van der Waals surface area contributed by atoms with Gasteiger partial charge in [0.05, 0.1) is 0 Å². The average Bonchev–Trinajstić information content (AvgIpc) is 3.24. The Kier molecular flexibility index (Phi) is 3.16. The van der Waals surface area contributed by atoms with Gasteiger partial charge in [-0.3, -0.25) is 4.90 Å². The van der Waals surface area contributed by atoms with Crippen LogP contribution >= 0.6 is 0 Å². The van der Waals surface area contributed by atoms with Crippen LogP contribution in [-0.2, 0) is 12.8 Å². The van der Waals surface area contributed by atoms with Crippen molar-refractivity contribution in [2.45, 2.75) is 50.6 Å². The van der Waals surface area contributed by atoms with Crippen molar-refractivity contribution in [3.05, 3.63) is 35.4 Å². The van der Waals surface area contributed by atoms with Crippen LogP contribution in [0.5, 0.6) is 0 Å². The van der Waals surface area contributed by atoms with E-state index in [4.69, 9.17) is 5.73 Å². The van der Waals surface area contributed by atoms with E-state index in [2.05, 4.69) is 36.1 Å². The number of nitrogens with two attached hydrogens (primary N) is 1. The number of hydrogen-bond acceptors (Lipinski definition) is 2. The van der Waals surface area contributed by atoms with Crippen molar-refractivity contribution in [3.8, 4) is 0 Å². The van der Waals surface area contributed by atoms with Crippen molar-refractivity contribution in [1.29, 1.82) is 0 Å². The third kappa shape index (κ3) is 1.98. The van der Waals surface area contributed by atoms with E-state index in [0.717, 1.165) is 25.6 Å². The van der Waals surface area contributed by atoms with E-state index in [0.29, 0.717) is 0 Å². The number of hydrogen-bond donors (Lipinski definition) is 1. The van der Waals surface area contributed by atoms with Gasteiger partial charge in [-0.2, -0.15) is 0 Å². The number of rotatable bonds is 4. The summed E-state index contributed by atoms with van der Waals surface area (Å²) in [6, 6.07) is 9.71. The van der Waals surface area contributed by atoms with Gasteiger partial charge in [0.2, 0.25) is 0 Å². The van der Waals surface area contributed by atoms with Gasteiger partial charge in [-0.25, -0.2) is 0 Å². The largest absolute Gasteiger partial charge is 0.329 e. The van der Waals surface area contributed by atoms with E-state index in [-0.39, 0.29) is 5.54 Å². The van der Waals surface area contributed by atoms with Crippen LogP contribution in [0.1, 0.15) is 37.3 Å². The van der Waals surface area contributed by atoms with Gasteiger partial charge in [-0.15, -0.1) is 0 Å². The van der Waals surface area contributed by atoms with Crippen molar-refractivity contribution in [1.82, 2.24) is 4.90 Å². The molecule has 0 saturated heterocycles. The molecule has 1 atom stereocenters. The maximum absolute atomic E-state index is 6.20. The molecule has 0 spiro atoms. The van der Waals surface area contributed by atoms with Gasteiger partial charge in [-0.05, 0) is 49.8 Å². The zero-order valence-electron chi connectivity index (χ0n) is 11.4. The first-order valence-electron chi connectivity index (χ1n) is 7.33. The molecule has 0 aliphatic heterocycles. The van der Waals surface area contributed by atoms with Gasteiger partial charge in [0, 0.05) is 18.1 Å². The third-order valence-corrected chi connectivity index (χ3v) is 4.82. The number of nitrogens with zero attached hydrogens (tertiary/aromatic N) is 1. The molecule has 1 unspecified atom stereocenters. The SMILES string of the molecule is CCN(C1CC1)C1(CN)CCc2ccccc2C1. The summed E-state index contributed by atoms with van der Waals surface area (Å²) in [6.07, 6.45) is 6.31. The van der Waals surface area contributed by atoms with Crippen molar-refractivity contribution >= 4 is 0 Å².